The van der Waals surface area contributed by atoms with Crippen molar-refractivity contribution in [3.8, 4) is 11.8 Å². The van der Waals surface area contributed by atoms with E-state index in [1.54, 1.807) is 29.6 Å². The molecule has 0 aliphatic carbocycles. The molecule has 2 aromatic rings. The van der Waals surface area contributed by atoms with Gasteiger partial charge >= 0.3 is 0 Å². The first-order valence-electron chi connectivity index (χ1n) is 12.6. The van der Waals surface area contributed by atoms with Crippen molar-refractivity contribution in [2.45, 2.75) is 59.4 Å². The molecule has 10 heteroatoms. The lowest BCUT2D eigenvalue weighted by molar-refractivity contribution is -0.122. The number of ether oxygens (including phenoxy) is 2. The van der Waals surface area contributed by atoms with Crippen LogP contribution in [-0.4, -0.2) is 52.1 Å². The first-order valence-corrected chi connectivity index (χ1v) is 13.9. The summed E-state index contributed by atoms with van der Waals surface area (Å²) >= 11 is 6.82. The van der Waals surface area contributed by atoms with E-state index in [4.69, 9.17) is 21.7 Å². The van der Waals surface area contributed by atoms with Crippen LogP contribution in [0.4, 0.5) is 5.82 Å². The summed E-state index contributed by atoms with van der Waals surface area (Å²) in [6.45, 7) is 9.78. The van der Waals surface area contributed by atoms with Gasteiger partial charge in [-0.25, -0.2) is 0 Å². The number of pyridine rings is 1. The van der Waals surface area contributed by atoms with Crippen LogP contribution in [0.2, 0.25) is 0 Å². The number of amides is 1. The van der Waals surface area contributed by atoms with Gasteiger partial charge in [-0.1, -0.05) is 43.0 Å². The third-order valence-corrected chi connectivity index (χ3v) is 8.04. The van der Waals surface area contributed by atoms with Crippen LogP contribution in [0.5, 0.6) is 5.75 Å². The standard InChI is InChI=1S/C28H32N4O4S2/c1-6-11-31-25(30-14-17(2)36-18(3)15-30)22(19(4)23(13-29)26(31)33)12-24-27(34)32(28(37)38-24)16-20-7-9-21(35-5)10-8-20/h7-10,12,17-18H,6,11,14-16H2,1-5H3. The van der Waals surface area contributed by atoms with Crippen LogP contribution >= 0.6 is 24.0 Å². The van der Waals surface area contributed by atoms with E-state index < -0.39 is 0 Å². The molecule has 38 heavy (non-hydrogen) atoms. The molecule has 200 valence electrons. The molecule has 0 spiro atoms. The molecule has 3 heterocycles. The van der Waals surface area contributed by atoms with Gasteiger partial charge in [0.05, 0.1) is 30.8 Å². The third-order valence-electron chi connectivity index (χ3n) is 6.66. The Morgan fingerprint density at radius 2 is 1.87 bits per heavy atom. The van der Waals surface area contributed by atoms with Gasteiger partial charge in [0.25, 0.3) is 11.5 Å². The lowest BCUT2D eigenvalue weighted by atomic mass is 10.0. The summed E-state index contributed by atoms with van der Waals surface area (Å²) in [5.74, 6) is 1.26. The van der Waals surface area contributed by atoms with Crippen molar-refractivity contribution < 1.29 is 14.3 Å². The van der Waals surface area contributed by atoms with E-state index in [9.17, 15) is 14.9 Å². The molecule has 2 aliphatic heterocycles. The molecule has 4 rings (SSSR count). The zero-order valence-electron chi connectivity index (χ0n) is 22.3. The van der Waals surface area contributed by atoms with E-state index in [1.165, 1.54) is 11.8 Å². The number of nitrogens with zero attached hydrogens (tertiary/aromatic N) is 4. The molecule has 2 unspecified atom stereocenters. The average Bonchev–Trinajstić information content (AvgIpc) is 3.14. The second-order valence-corrected chi connectivity index (χ2v) is 11.3. The van der Waals surface area contributed by atoms with Gasteiger partial charge in [0.1, 0.15) is 27.5 Å². The molecule has 2 saturated heterocycles. The first-order chi connectivity index (χ1) is 18.2. The number of morpholine rings is 1. The van der Waals surface area contributed by atoms with Gasteiger partial charge in [-0.15, -0.1) is 0 Å². The Labute approximate surface area is 232 Å². The molecular formula is C28H32N4O4S2. The summed E-state index contributed by atoms with van der Waals surface area (Å²) in [7, 11) is 1.61. The zero-order valence-corrected chi connectivity index (χ0v) is 23.9. The van der Waals surface area contributed by atoms with Gasteiger partial charge in [0, 0.05) is 25.2 Å². The maximum Gasteiger partial charge on any atom is 0.270 e. The molecule has 1 aromatic heterocycles. The van der Waals surface area contributed by atoms with Crippen LogP contribution in [-0.2, 0) is 22.6 Å². The van der Waals surface area contributed by atoms with Crippen LogP contribution in [0.15, 0.2) is 34.0 Å². The molecule has 0 N–H and O–H groups in total. The van der Waals surface area contributed by atoms with Crippen molar-refractivity contribution in [1.82, 2.24) is 9.47 Å². The highest BCUT2D eigenvalue weighted by atomic mass is 32.2. The summed E-state index contributed by atoms with van der Waals surface area (Å²) in [5, 5.41) is 9.87. The fourth-order valence-electron chi connectivity index (χ4n) is 4.95. The highest BCUT2D eigenvalue weighted by Gasteiger charge is 2.34. The molecule has 2 aliphatic rings. The molecular weight excluding hydrogens is 520 g/mol. The number of rotatable bonds is 7. The number of hydrogen-bond acceptors (Lipinski definition) is 8. The van der Waals surface area contributed by atoms with Crippen LogP contribution in [0.25, 0.3) is 6.08 Å². The third kappa shape index (κ3) is 5.51. The number of methoxy groups -OCH3 is 1. The molecule has 0 radical (unpaired) electrons. The van der Waals surface area contributed by atoms with Gasteiger partial charge in [-0.3, -0.25) is 19.1 Å². The molecule has 1 aromatic carbocycles. The zero-order chi connectivity index (χ0) is 27.6. The van der Waals surface area contributed by atoms with Gasteiger partial charge in [-0.05, 0) is 56.5 Å². The van der Waals surface area contributed by atoms with Crippen molar-refractivity contribution >= 4 is 46.1 Å². The van der Waals surface area contributed by atoms with E-state index in [2.05, 4.69) is 11.0 Å². The number of benzene rings is 1. The Morgan fingerprint density at radius 3 is 2.45 bits per heavy atom. The minimum absolute atomic E-state index is 0.0320. The molecule has 2 atom stereocenters. The van der Waals surface area contributed by atoms with E-state index in [0.717, 1.165) is 23.6 Å². The highest BCUT2D eigenvalue weighted by Crippen LogP contribution is 2.37. The van der Waals surface area contributed by atoms with Crippen LogP contribution in [0, 0.1) is 18.3 Å². The molecule has 1 amide bonds. The van der Waals surface area contributed by atoms with Crippen molar-refractivity contribution in [2.75, 3.05) is 25.1 Å². The maximum atomic E-state index is 13.5. The largest absolute Gasteiger partial charge is 0.497 e. The van der Waals surface area contributed by atoms with Crippen LogP contribution in [0.3, 0.4) is 0 Å². The van der Waals surface area contributed by atoms with E-state index >= 15 is 0 Å². The molecule has 0 bridgehead atoms. The normalized spacial score (nSPS) is 20.8. The number of thiocarbonyl (C=S) groups is 1. The summed E-state index contributed by atoms with van der Waals surface area (Å²) < 4.78 is 13.3. The van der Waals surface area contributed by atoms with Crippen molar-refractivity contribution in [1.29, 1.82) is 5.26 Å². The predicted molar refractivity (Wildman–Crippen MR) is 154 cm³/mol. The number of carbonyl (C=O) groups is 1. The van der Waals surface area contributed by atoms with E-state index in [-0.39, 0.29) is 29.2 Å². The second-order valence-electron chi connectivity index (χ2n) is 9.58. The van der Waals surface area contributed by atoms with Crippen molar-refractivity contribution in [3.63, 3.8) is 0 Å². The van der Waals surface area contributed by atoms with Crippen molar-refractivity contribution in [3.05, 3.63) is 61.8 Å². The number of carbonyl (C=O) groups excluding carboxylic acids is 1. The Hall–Kier alpha value is -3.13. The average molecular weight is 553 g/mol. The molecule has 2 fully saturated rings. The lowest BCUT2D eigenvalue weighted by Crippen LogP contribution is -2.48. The lowest BCUT2D eigenvalue weighted by Gasteiger charge is -2.39. The minimum Gasteiger partial charge on any atom is -0.497 e. The maximum absolute atomic E-state index is 13.5. The van der Waals surface area contributed by atoms with Gasteiger partial charge in [0.2, 0.25) is 0 Å². The summed E-state index contributed by atoms with van der Waals surface area (Å²) in [6.07, 6.45) is 2.46. The summed E-state index contributed by atoms with van der Waals surface area (Å²) in [6, 6.07) is 9.62. The second kappa shape index (κ2) is 11.7. The Kier molecular flexibility index (Phi) is 8.61. The van der Waals surface area contributed by atoms with Crippen LogP contribution in [0.1, 0.15) is 49.4 Å². The minimum atomic E-state index is -0.308. The highest BCUT2D eigenvalue weighted by molar-refractivity contribution is 8.26. The topological polar surface area (TPSA) is 87.8 Å². The van der Waals surface area contributed by atoms with Gasteiger partial charge in [-0.2, -0.15) is 5.26 Å². The number of anilines is 1. The monoisotopic (exact) mass is 552 g/mol. The van der Waals surface area contributed by atoms with Crippen molar-refractivity contribution in [2.24, 2.45) is 0 Å². The SMILES string of the molecule is CCCn1c(N2CC(C)OC(C)C2)c(C=C2SC(=S)N(Cc3ccc(OC)cc3)C2=O)c(C)c(C#N)c1=O. The number of nitriles is 1. The predicted octanol–water partition coefficient (Wildman–Crippen LogP) is 4.46. The first kappa shape index (κ1) is 27.9. The fourth-order valence-corrected chi connectivity index (χ4v) is 6.18. The summed E-state index contributed by atoms with van der Waals surface area (Å²) in [5.41, 5.74) is 1.97. The Balaban J connectivity index is 1.80. The Bertz CT molecular complexity index is 1370. The molecule has 0 saturated carbocycles. The smallest absolute Gasteiger partial charge is 0.270 e. The van der Waals surface area contributed by atoms with Crippen LogP contribution < -0.4 is 15.2 Å². The quantitative estimate of drug-likeness (QED) is 0.368. The van der Waals surface area contributed by atoms with Gasteiger partial charge < -0.3 is 14.4 Å². The number of thioether (sulfide) groups is 1. The van der Waals surface area contributed by atoms with Gasteiger partial charge in [0.15, 0.2) is 0 Å². The van der Waals surface area contributed by atoms with E-state index in [1.807, 2.05) is 45.0 Å². The van der Waals surface area contributed by atoms with E-state index in [0.29, 0.717) is 46.5 Å². The number of aromatic nitrogens is 1. The Morgan fingerprint density at radius 1 is 1.21 bits per heavy atom. The molecule has 8 nitrogen and oxygen atoms in total. The fraction of sp³-hybridized carbons (Fsp3) is 0.429. The number of hydrogen-bond donors (Lipinski definition) is 0. The summed E-state index contributed by atoms with van der Waals surface area (Å²) in [4.78, 5) is 31.1.